The predicted molar refractivity (Wildman–Crippen MR) is 112 cm³/mol. The number of rotatable bonds is 6. The van der Waals surface area contributed by atoms with Gasteiger partial charge in [-0.1, -0.05) is 32.1 Å². The van der Waals surface area contributed by atoms with Gasteiger partial charge in [0.15, 0.2) is 0 Å². The lowest BCUT2D eigenvalue weighted by atomic mass is 9.66. The van der Waals surface area contributed by atoms with Crippen LogP contribution in [0, 0.1) is 23.2 Å². The van der Waals surface area contributed by atoms with E-state index < -0.39 is 17.6 Å². The van der Waals surface area contributed by atoms with Crippen molar-refractivity contribution < 1.29 is 29.3 Å². The molecule has 0 radical (unpaired) electrons. The molecule has 1 saturated heterocycles. The summed E-state index contributed by atoms with van der Waals surface area (Å²) in [6.07, 6.45) is 7.21. The quantitative estimate of drug-likeness (QED) is 0.641. The van der Waals surface area contributed by atoms with E-state index in [2.05, 4.69) is 13.0 Å². The lowest BCUT2D eigenvalue weighted by Crippen LogP contribution is -2.44. The van der Waals surface area contributed by atoms with Crippen molar-refractivity contribution in [3.05, 3.63) is 23.8 Å². The molecule has 0 aromatic heterocycles. The molecule has 0 spiro atoms. The summed E-state index contributed by atoms with van der Waals surface area (Å²) in [7, 11) is 0. The fourth-order valence-corrected chi connectivity index (χ4v) is 4.84. The molecular formula is C24H36O6. The molecule has 6 nitrogen and oxygen atoms in total. The van der Waals surface area contributed by atoms with E-state index in [9.17, 15) is 19.8 Å². The Bertz CT molecular complexity index is 708. The van der Waals surface area contributed by atoms with E-state index in [-0.39, 0.29) is 48.3 Å². The van der Waals surface area contributed by atoms with Gasteiger partial charge in [-0.15, -0.1) is 0 Å². The van der Waals surface area contributed by atoms with Gasteiger partial charge in [-0.2, -0.15) is 0 Å². The average molecular weight is 421 g/mol. The third kappa shape index (κ3) is 5.14. The zero-order valence-electron chi connectivity index (χ0n) is 18.5. The second-order valence-corrected chi connectivity index (χ2v) is 9.84. The molecule has 30 heavy (non-hydrogen) atoms. The highest BCUT2D eigenvalue weighted by Gasteiger charge is 2.43. The molecule has 0 aromatic rings. The van der Waals surface area contributed by atoms with E-state index in [0.29, 0.717) is 25.7 Å². The summed E-state index contributed by atoms with van der Waals surface area (Å²) in [5, 5.41) is 20.2. The number of esters is 2. The van der Waals surface area contributed by atoms with Crippen molar-refractivity contribution >= 4 is 11.9 Å². The Hall–Kier alpha value is -1.66. The zero-order chi connectivity index (χ0) is 22.1. The van der Waals surface area contributed by atoms with Crippen LogP contribution in [0.4, 0.5) is 0 Å². The summed E-state index contributed by atoms with van der Waals surface area (Å²) < 4.78 is 11.4. The molecule has 1 aliphatic heterocycles. The maximum Gasteiger partial charge on any atom is 0.311 e. The van der Waals surface area contributed by atoms with Gasteiger partial charge in [0, 0.05) is 18.8 Å². The van der Waals surface area contributed by atoms with Crippen molar-refractivity contribution in [2.75, 3.05) is 0 Å². The van der Waals surface area contributed by atoms with Gasteiger partial charge in [-0.05, 0) is 50.5 Å². The minimum atomic E-state index is -0.634. The Balaban J connectivity index is 1.76. The number of ether oxygens (including phenoxy) is 2. The Morgan fingerprint density at radius 3 is 2.67 bits per heavy atom. The van der Waals surface area contributed by atoms with Crippen molar-refractivity contribution in [2.24, 2.45) is 23.2 Å². The number of hydrogen-bond acceptors (Lipinski definition) is 6. The Morgan fingerprint density at radius 1 is 1.27 bits per heavy atom. The van der Waals surface area contributed by atoms with Crippen LogP contribution in [0.25, 0.3) is 0 Å². The van der Waals surface area contributed by atoms with Gasteiger partial charge >= 0.3 is 11.9 Å². The van der Waals surface area contributed by atoms with E-state index in [1.54, 1.807) is 0 Å². The summed E-state index contributed by atoms with van der Waals surface area (Å²) in [6, 6.07) is 0. The Kier molecular flexibility index (Phi) is 7.08. The van der Waals surface area contributed by atoms with Crippen molar-refractivity contribution in [1.29, 1.82) is 0 Å². The molecule has 168 valence electrons. The van der Waals surface area contributed by atoms with Crippen molar-refractivity contribution in [2.45, 2.75) is 90.6 Å². The maximum atomic E-state index is 12.8. The summed E-state index contributed by atoms with van der Waals surface area (Å²) in [6.45, 7) is 7.89. The van der Waals surface area contributed by atoms with E-state index in [4.69, 9.17) is 9.47 Å². The molecule has 2 aliphatic carbocycles. The van der Waals surface area contributed by atoms with Crippen LogP contribution in [0.15, 0.2) is 23.8 Å². The maximum absolute atomic E-state index is 12.8. The van der Waals surface area contributed by atoms with Crippen LogP contribution in [0.5, 0.6) is 0 Å². The fourth-order valence-electron chi connectivity index (χ4n) is 4.84. The number of hydrogen-bond donors (Lipinski definition) is 2. The number of carbonyl (C=O) groups is 2. The molecule has 0 bridgehead atoms. The number of cyclic esters (lactones) is 1. The molecule has 1 fully saturated rings. The van der Waals surface area contributed by atoms with Gasteiger partial charge in [0.1, 0.15) is 12.2 Å². The van der Waals surface area contributed by atoms with Crippen molar-refractivity contribution in [1.82, 2.24) is 0 Å². The minimum absolute atomic E-state index is 0.00854. The third-order valence-corrected chi connectivity index (χ3v) is 7.13. The number of aliphatic hydroxyl groups excluding tert-OH is 2. The number of fused-ring (bicyclic) bond motifs is 1. The molecule has 3 rings (SSSR count). The first-order valence-corrected chi connectivity index (χ1v) is 11.3. The zero-order valence-corrected chi connectivity index (χ0v) is 18.5. The molecule has 0 aromatic carbocycles. The fraction of sp³-hybridized carbons (Fsp3) is 0.750. The molecule has 6 heteroatoms. The van der Waals surface area contributed by atoms with Crippen molar-refractivity contribution in [3.8, 4) is 0 Å². The summed E-state index contributed by atoms with van der Waals surface area (Å²) in [4.78, 5) is 24.5. The van der Waals surface area contributed by atoms with Gasteiger partial charge in [0.25, 0.3) is 0 Å². The monoisotopic (exact) mass is 420 g/mol. The number of allylic oxidation sites excluding steroid dienone is 2. The number of carbonyl (C=O) groups excluding carboxylic acids is 2. The lowest BCUT2D eigenvalue weighted by Gasteiger charge is -2.43. The topological polar surface area (TPSA) is 93.1 Å². The molecule has 1 heterocycles. The lowest BCUT2D eigenvalue weighted by molar-refractivity contribution is -0.166. The highest BCUT2D eigenvalue weighted by atomic mass is 16.6. The first-order chi connectivity index (χ1) is 14.1. The van der Waals surface area contributed by atoms with Crippen LogP contribution in [0.2, 0.25) is 0 Å². The van der Waals surface area contributed by atoms with Crippen LogP contribution in [0.3, 0.4) is 0 Å². The first kappa shape index (κ1) is 23.0. The second kappa shape index (κ2) is 9.23. The molecule has 0 saturated carbocycles. The molecule has 2 N–H and O–H groups in total. The molecular weight excluding hydrogens is 384 g/mol. The number of aliphatic hydroxyl groups is 2. The van der Waals surface area contributed by atoms with Gasteiger partial charge in [-0.3, -0.25) is 9.59 Å². The molecule has 0 unspecified atom stereocenters. The Morgan fingerprint density at radius 2 is 2.00 bits per heavy atom. The highest BCUT2D eigenvalue weighted by molar-refractivity contribution is 5.76. The highest BCUT2D eigenvalue weighted by Crippen LogP contribution is 2.44. The predicted octanol–water partition coefficient (Wildman–Crippen LogP) is 3.31. The van der Waals surface area contributed by atoms with Crippen LogP contribution in [0.1, 0.15) is 66.2 Å². The van der Waals surface area contributed by atoms with E-state index in [1.807, 2.05) is 32.9 Å². The van der Waals surface area contributed by atoms with E-state index in [1.165, 1.54) is 0 Å². The van der Waals surface area contributed by atoms with Crippen LogP contribution in [-0.2, 0) is 19.1 Å². The van der Waals surface area contributed by atoms with Gasteiger partial charge in [-0.25, -0.2) is 0 Å². The summed E-state index contributed by atoms with van der Waals surface area (Å²) >= 11 is 0. The second-order valence-electron chi connectivity index (χ2n) is 9.84. The molecule has 3 aliphatic rings. The van der Waals surface area contributed by atoms with Gasteiger partial charge < -0.3 is 19.7 Å². The standard InChI is InChI=1S/C24H36O6/c1-5-24(3,4)23(28)30-20-12-16(25)10-15-7-6-14(2)19(22(15)20)9-8-18-11-17(26)13-21(27)29-18/h6-7,10,14,16-20,22,25-26H,5,8-9,11-13H2,1-4H3/t14-,16+,17+,18+,19-,20-,22-/m0/s1. The van der Waals surface area contributed by atoms with Crippen molar-refractivity contribution in [3.63, 3.8) is 0 Å². The molecule has 0 amide bonds. The smallest absolute Gasteiger partial charge is 0.311 e. The van der Waals surface area contributed by atoms with Gasteiger partial charge in [0.05, 0.1) is 24.0 Å². The van der Waals surface area contributed by atoms with E-state index >= 15 is 0 Å². The summed E-state index contributed by atoms with van der Waals surface area (Å²) in [5.41, 5.74) is 0.453. The first-order valence-electron chi connectivity index (χ1n) is 11.3. The average Bonchev–Trinajstić information content (AvgIpc) is 2.66. The normalized spacial score (nSPS) is 36.5. The van der Waals surface area contributed by atoms with E-state index in [0.717, 1.165) is 12.0 Å². The molecule has 7 atom stereocenters. The van der Waals surface area contributed by atoms with Gasteiger partial charge in [0.2, 0.25) is 0 Å². The van der Waals surface area contributed by atoms with Crippen LogP contribution in [-0.4, -0.2) is 46.6 Å². The SMILES string of the molecule is CCC(C)(C)C(=O)O[C@H]1C[C@H](O)C=C2C=C[C@H](C)[C@H](CC[C@@H]3C[C@@H](O)CC(=O)O3)[C@H]21. The van der Waals surface area contributed by atoms with Crippen LogP contribution < -0.4 is 0 Å². The van der Waals surface area contributed by atoms with Crippen LogP contribution >= 0.6 is 0 Å². The summed E-state index contributed by atoms with van der Waals surface area (Å²) in [5.74, 6) is -0.0886. The third-order valence-electron chi connectivity index (χ3n) is 7.13. The largest absolute Gasteiger partial charge is 0.462 e. The minimum Gasteiger partial charge on any atom is -0.462 e. The Labute approximate surface area is 179 Å².